The van der Waals surface area contributed by atoms with Crippen molar-refractivity contribution in [1.82, 2.24) is 5.32 Å². The fourth-order valence-electron chi connectivity index (χ4n) is 9.06. The lowest BCUT2D eigenvalue weighted by molar-refractivity contribution is -0.182. The summed E-state index contributed by atoms with van der Waals surface area (Å²) < 4.78 is 5.93. The third kappa shape index (κ3) is 30.3. The van der Waals surface area contributed by atoms with Crippen LogP contribution in [0.3, 0.4) is 0 Å². The van der Waals surface area contributed by atoms with E-state index in [9.17, 15) is 35.4 Å². The van der Waals surface area contributed by atoms with E-state index in [1.807, 2.05) is 0 Å². The topological polar surface area (TPSA) is 160 Å². The number of aliphatic hydroxyl groups excluding tert-OH is 6. The van der Waals surface area contributed by atoms with Crippen LogP contribution in [-0.4, -0.2) is 92.4 Å². The highest BCUT2D eigenvalue weighted by atomic mass is 16.5. The Balaban J connectivity index is 2.26. The summed E-state index contributed by atoms with van der Waals surface area (Å²) in [7, 11) is 0. The molecule has 0 aromatic rings. The van der Waals surface area contributed by atoms with E-state index in [4.69, 9.17) is 4.74 Å². The second kappa shape index (κ2) is 40.9. The van der Waals surface area contributed by atoms with Crippen molar-refractivity contribution >= 4 is 5.91 Å². The number of nitrogens with one attached hydrogen (secondary N) is 1. The van der Waals surface area contributed by atoms with Gasteiger partial charge in [-0.05, 0) is 19.3 Å². The molecule has 7 N–H and O–H groups in total. The number of carbonyl (C=O) groups is 1. The van der Waals surface area contributed by atoms with Gasteiger partial charge in [-0.15, -0.1) is 0 Å². The van der Waals surface area contributed by atoms with Gasteiger partial charge in [-0.2, -0.15) is 0 Å². The van der Waals surface area contributed by atoms with E-state index in [0.29, 0.717) is 12.8 Å². The number of unbranched alkanes of at least 4 members (excludes halogenated alkanes) is 33. The van der Waals surface area contributed by atoms with Gasteiger partial charge in [0.25, 0.3) is 0 Å². The van der Waals surface area contributed by atoms with Gasteiger partial charge in [0.05, 0.1) is 31.0 Å². The van der Waals surface area contributed by atoms with Gasteiger partial charge >= 0.3 is 0 Å². The summed E-state index contributed by atoms with van der Waals surface area (Å²) in [4.78, 5) is 13.1. The lowest BCUT2D eigenvalue weighted by Gasteiger charge is -2.40. The molecule has 1 amide bonds. The average molecular weight is 856 g/mol. The first kappa shape index (κ1) is 57.2. The van der Waals surface area contributed by atoms with Gasteiger partial charge in [0, 0.05) is 18.9 Å². The molecule has 0 heterocycles. The molecule has 0 bridgehead atoms. The molecule has 0 aliphatic heterocycles. The smallest absolute Gasteiger partial charge is 0.220 e. The van der Waals surface area contributed by atoms with Crippen LogP contribution in [0, 0.1) is 5.92 Å². The predicted molar refractivity (Wildman–Crippen MR) is 249 cm³/mol. The van der Waals surface area contributed by atoms with Gasteiger partial charge in [0.15, 0.2) is 0 Å². The molecule has 9 heteroatoms. The van der Waals surface area contributed by atoms with Gasteiger partial charge < -0.3 is 40.7 Å². The molecule has 1 rings (SSSR count). The molecule has 8 atom stereocenters. The van der Waals surface area contributed by atoms with Crippen molar-refractivity contribution in [2.24, 2.45) is 5.92 Å². The normalized spacial score (nSPS) is 21.0. The summed E-state index contributed by atoms with van der Waals surface area (Å²) in [5, 5.41) is 65.8. The van der Waals surface area contributed by atoms with Crippen molar-refractivity contribution in [3.8, 4) is 0 Å². The Hall–Kier alpha value is -0.810. The van der Waals surface area contributed by atoms with E-state index in [2.05, 4.69) is 19.2 Å². The molecule has 5 unspecified atom stereocenters. The van der Waals surface area contributed by atoms with Crippen molar-refractivity contribution in [3.63, 3.8) is 0 Å². The Morgan fingerprint density at radius 3 is 1.23 bits per heavy atom. The van der Waals surface area contributed by atoms with Crippen LogP contribution < -0.4 is 5.32 Å². The van der Waals surface area contributed by atoms with Crippen LogP contribution in [-0.2, 0) is 9.53 Å². The number of hydrogen-bond acceptors (Lipinski definition) is 8. The number of aliphatic hydroxyl groups is 6. The number of carbonyl (C=O) groups excluding carboxylic acids is 1. The van der Waals surface area contributed by atoms with E-state index in [1.54, 1.807) is 0 Å². The molecule has 0 saturated heterocycles. The number of hydrogen-bond donors (Lipinski definition) is 7. The van der Waals surface area contributed by atoms with Crippen LogP contribution in [0.1, 0.15) is 258 Å². The monoisotopic (exact) mass is 856 g/mol. The summed E-state index contributed by atoms with van der Waals surface area (Å²) in [5.74, 6) is -0.877. The standard InChI is InChI=1S/C51H101NO8/c1-3-5-7-9-11-13-15-17-18-19-20-21-22-23-24-25-26-27-29-31-33-35-37-39-47(55)52-44(42-60-46-40-43(41-53)48(56)51(59)50(46)58)49(57)45(54)38-36-34-32-30-28-16-14-12-10-8-6-4-2/h43-46,48-51,53-54,56-59H,3-42H2,1-2H3,(H,52,55)/t43?,44-,45+,46?,48?,49-,50?,51?/m0/s1. The molecule has 0 radical (unpaired) electrons. The van der Waals surface area contributed by atoms with E-state index in [1.165, 1.54) is 186 Å². The van der Waals surface area contributed by atoms with Crippen LogP contribution in [0.5, 0.6) is 0 Å². The molecule has 0 aromatic carbocycles. The van der Waals surface area contributed by atoms with E-state index in [0.717, 1.165) is 38.5 Å². The third-order valence-corrected chi connectivity index (χ3v) is 13.3. The van der Waals surface area contributed by atoms with Gasteiger partial charge in [-0.25, -0.2) is 0 Å². The Morgan fingerprint density at radius 1 is 0.517 bits per heavy atom. The fourth-order valence-corrected chi connectivity index (χ4v) is 9.06. The molecule has 1 saturated carbocycles. The first-order valence-corrected chi connectivity index (χ1v) is 26.2. The second-order valence-corrected chi connectivity index (χ2v) is 19.0. The van der Waals surface area contributed by atoms with Crippen molar-refractivity contribution in [3.05, 3.63) is 0 Å². The number of amides is 1. The van der Waals surface area contributed by atoms with Crippen LogP contribution in [0.2, 0.25) is 0 Å². The fraction of sp³-hybridized carbons (Fsp3) is 0.980. The molecule has 1 fully saturated rings. The molecular formula is C51H101NO8. The zero-order valence-corrected chi connectivity index (χ0v) is 39.4. The predicted octanol–water partition coefficient (Wildman–Crippen LogP) is 11.1. The molecule has 0 spiro atoms. The first-order valence-electron chi connectivity index (χ1n) is 26.2. The van der Waals surface area contributed by atoms with Crippen LogP contribution >= 0.6 is 0 Å². The summed E-state index contributed by atoms with van der Waals surface area (Å²) >= 11 is 0. The minimum absolute atomic E-state index is 0.119. The molecule has 0 aromatic heterocycles. The summed E-state index contributed by atoms with van der Waals surface area (Å²) in [6.45, 7) is 3.98. The third-order valence-electron chi connectivity index (χ3n) is 13.3. The van der Waals surface area contributed by atoms with E-state index in [-0.39, 0.29) is 25.5 Å². The average Bonchev–Trinajstić information content (AvgIpc) is 3.25. The van der Waals surface area contributed by atoms with Gasteiger partial charge in [0.1, 0.15) is 18.3 Å². The van der Waals surface area contributed by atoms with Crippen molar-refractivity contribution in [2.45, 2.75) is 301 Å². The zero-order valence-electron chi connectivity index (χ0n) is 39.4. The van der Waals surface area contributed by atoms with Crippen molar-refractivity contribution in [1.29, 1.82) is 0 Å². The number of rotatable bonds is 44. The Kier molecular flexibility index (Phi) is 39.0. The van der Waals surface area contributed by atoms with Crippen molar-refractivity contribution < 1.29 is 40.2 Å². The molecule has 9 nitrogen and oxygen atoms in total. The largest absolute Gasteiger partial charge is 0.396 e. The quantitative estimate of drug-likeness (QED) is 0.0298. The first-order chi connectivity index (χ1) is 29.3. The van der Waals surface area contributed by atoms with Crippen LogP contribution in [0.15, 0.2) is 0 Å². The molecule has 1 aliphatic rings. The number of ether oxygens (including phenoxy) is 1. The highest BCUT2D eigenvalue weighted by molar-refractivity contribution is 5.76. The minimum Gasteiger partial charge on any atom is -0.396 e. The second-order valence-electron chi connectivity index (χ2n) is 19.0. The SMILES string of the molecule is CCCCCCCCCCCCCCCCCCCCCCCCCC(=O)N[C@@H](COC1CC(CO)C(O)C(O)C1O)[C@H](O)[C@H](O)CCCCCCCCCCCCCC. The Morgan fingerprint density at radius 2 is 0.867 bits per heavy atom. The minimum atomic E-state index is -1.48. The van der Waals surface area contributed by atoms with E-state index >= 15 is 0 Å². The van der Waals surface area contributed by atoms with Gasteiger partial charge in [-0.3, -0.25) is 4.79 Å². The zero-order chi connectivity index (χ0) is 43.9. The molecular weight excluding hydrogens is 755 g/mol. The van der Waals surface area contributed by atoms with Crippen LogP contribution in [0.25, 0.3) is 0 Å². The summed E-state index contributed by atoms with van der Waals surface area (Å²) in [6, 6.07) is -0.905. The van der Waals surface area contributed by atoms with E-state index < -0.39 is 48.6 Å². The lowest BCUT2D eigenvalue weighted by atomic mass is 9.81. The Labute approximate surface area is 370 Å². The van der Waals surface area contributed by atoms with Crippen LogP contribution in [0.4, 0.5) is 0 Å². The molecule has 1 aliphatic carbocycles. The Bertz CT molecular complexity index is 924. The maximum Gasteiger partial charge on any atom is 0.220 e. The molecule has 60 heavy (non-hydrogen) atoms. The summed E-state index contributed by atoms with van der Waals surface area (Å²) in [6.07, 6.45) is 38.3. The highest BCUT2D eigenvalue weighted by Gasteiger charge is 2.43. The van der Waals surface area contributed by atoms with Crippen molar-refractivity contribution in [2.75, 3.05) is 13.2 Å². The maximum absolute atomic E-state index is 13.1. The molecule has 358 valence electrons. The van der Waals surface area contributed by atoms with Gasteiger partial charge in [0.2, 0.25) is 5.91 Å². The highest BCUT2D eigenvalue weighted by Crippen LogP contribution is 2.28. The summed E-state index contributed by atoms with van der Waals surface area (Å²) in [5.41, 5.74) is 0. The maximum atomic E-state index is 13.1. The lowest BCUT2D eigenvalue weighted by Crippen LogP contribution is -2.57. The van der Waals surface area contributed by atoms with Gasteiger partial charge in [-0.1, -0.05) is 232 Å².